The summed E-state index contributed by atoms with van der Waals surface area (Å²) in [6, 6.07) is 9.93. The van der Waals surface area contributed by atoms with E-state index in [0.29, 0.717) is 62.7 Å². The number of ether oxygens (including phenoxy) is 2. The molecule has 7 nitrogen and oxygen atoms in total. The molecule has 0 aliphatic carbocycles. The summed E-state index contributed by atoms with van der Waals surface area (Å²) in [5.41, 5.74) is 2.44. The quantitative estimate of drug-likeness (QED) is 0.491. The maximum atomic E-state index is 13.2. The van der Waals surface area contributed by atoms with Gasteiger partial charge in [0.1, 0.15) is 0 Å². The second-order valence-corrected chi connectivity index (χ2v) is 9.60. The van der Waals surface area contributed by atoms with Gasteiger partial charge in [-0.2, -0.15) is 0 Å². The Morgan fingerprint density at radius 2 is 1.84 bits per heavy atom. The first-order valence-electron chi connectivity index (χ1n) is 11.3. The number of hydrogen-bond acceptors (Lipinski definition) is 6. The lowest BCUT2D eigenvalue weighted by molar-refractivity contribution is -0.187. The lowest BCUT2D eigenvalue weighted by Crippen LogP contribution is -2.49. The molecule has 32 heavy (non-hydrogen) atoms. The predicted molar refractivity (Wildman–Crippen MR) is 124 cm³/mol. The van der Waals surface area contributed by atoms with E-state index in [1.165, 1.54) is 11.8 Å². The molecule has 2 fully saturated rings. The molecule has 1 spiro atoms. The lowest BCUT2D eigenvalue weighted by atomic mass is 10.0. The van der Waals surface area contributed by atoms with Crippen LogP contribution in [0.25, 0.3) is 0 Å². The normalized spacial score (nSPS) is 18.8. The Morgan fingerprint density at radius 1 is 1.19 bits per heavy atom. The van der Waals surface area contributed by atoms with Crippen molar-refractivity contribution >= 4 is 17.7 Å². The Hall–Kier alpha value is -2.16. The van der Waals surface area contributed by atoms with Gasteiger partial charge in [-0.3, -0.25) is 14.2 Å². The van der Waals surface area contributed by atoms with Crippen molar-refractivity contribution in [2.45, 2.75) is 55.7 Å². The van der Waals surface area contributed by atoms with Gasteiger partial charge in [-0.15, -0.1) is 0 Å². The third-order valence-corrected chi connectivity index (χ3v) is 7.71. The zero-order chi connectivity index (χ0) is 22.7. The molecular formula is C24H31N3O4S. The number of carbonyl (C=O) groups excluding carboxylic acids is 1. The van der Waals surface area contributed by atoms with Crippen LogP contribution in [0.4, 0.5) is 0 Å². The molecule has 1 aromatic heterocycles. The highest BCUT2D eigenvalue weighted by Gasteiger charge is 2.41. The SMILES string of the molecule is CCC(Sc1nc(C)c(Cc2ccccc2)c(=O)n1C)C(=O)N1CCC2(CC1)OCCO2. The zero-order valence-electron chi connectivity index (χ0n) is 19.0. The van der Waals surface area contributed by atoms with E-state index in [4.69, 9.17) is 14.5 Å². The predicted octanol–water partition coefficient (Wildman–Crippen LogP) is 2.92. The van der Waals surface area contributed by atoms with Gasteiger partial charge < -0.3 is 14.4 Å². The number of aromatic nitrogens is 2. The van der Waals surface area contributed by atoms with Crippen LogP contribution in [0.5, 0.6) is 0 Å². The van der Waals surface area contributed by atoms with Gasteiger partial charge >= 0.3 is 0 Å². The van der Waals surface area contributed by atoms with Crippen molar-refractivity contribution in [1.29, 1.82) is 0 Å². The highest BCUT2D eigenvalue weighted by molar-refractivity contribution is 8.00. The van der Waals surface area contributed by atoms with Crippen molar-refractivity contribution in [3.8, 4) is 0 Å². The molecule has 172 valence electrons. The maximum Gasteiger partial charge on any atom is 0.257 e. The zero-order valence-corrected chi connectivity index (χ0v) is 19.8. The monoisotopic (exact) mass is 457 g/mol. The Kier molecular flexibility index (Phi) is 7.02. The molecule has 2 saturated heterocycles. The Labute approximate surface area is 193 Å². The number of hydrogen-bond donors (Lipinski definition) is 0. The van der Waals surface area contributed by atoms with Crippen LogP contribution in [0.1, 0.15) is 43.0 Å². The van der Waals surface area contributed by atoms with Crippen molar-refractivity contribution in [3.63, 3.8) is 0 Å². The Bertz CT molecular complexity index is 1010. The molecule has 1 atom stereocenters. The van der Waals surface area contributed by atoms with Gasteiger partial charge in [0, 0.05) is 50.7 Å². The minimum Gasteiger partial charge on any atom is -0.347 e. The van der Waals surface area contributed by atoms with E-state index in [1.54, 1.807) is 11.6 Å². The molecule has 0 saturated carbocycles. The highest BCUT2D eigenvalue weighted by Crippen LogP contribution is 2.33. The molecule has 1 unspecified atom stereocenters. The largest absolute Gasteiger partial charge is 0.347 e. The summed E-state index contributed by atoms with van der Waals surface area (Å²) in [5, 5.41) is 0.299. The average molecular weight is 458 g/mol. The van der Waals surface area contributed by atoms with Crippen molar-refractivity contribution < 1.29 is 14.3 Å². The first-order valence-corrected chi connectivity index (χ1v) is 12.1. The summed E-state index contributed by atoms with van der Waals surface area (Å²) < 4.78 is 13.1. The number of nitrogens with zero attached hydrogens (tertiary/aromatic N) is 3. The minimum atomic E-state index is -0.497. The number of aryl methyl sites for hydroxylation is 1. The molecular weight excluding hydrogens is 426 g/mol. The fourth-order valence-corrected chi connectivity index (χ4v) is 5.43. The van der Waals surface area contributed by atoms with Gasteiger partial charge in [0.05, 0.1) is 18.5 Å². The minimum absolute atomic E-state index is 0.0541. The smallest absolute Gasteiger partial charge is 0.257 e. The number of amides is 1. The van der Waals surface area contributed by atoms with Crippen LogP contribution in [0, 0.1) is 6.92 Å². The van der Waals surface area contributed by atoms with Crippen LogP contribution in [-0.4, -0.2) is 57.7 Å². The van der Waals surface area contributed by atoms with Gasteiger partial charge in [-0.1, -0.05) is 49.0 Å². The lowest BCUT2D eigenvalue weighted by Gasteiger charge is -2.38. The molecule has 2 aliphatic heterocycles. The third-order valence-electron chi connectivity index (χ3n) is 6.32. The van der Waals surface area contributed by atoms with Crippen LogP contribution in [0.15, 0.2) is 40.3 Å². The molecule has 0 radical (unpaired) electrons. The van der Waals surface area contributed by atoms with E-state index in [-0.39, 0.29) is 16.7 Å². The van der Waals surface area contributed by atoms with E-state index in [0.717, 1.165) is 11.3 Å². The number of carbonyl (C=O) groups is 1. The molecule has 2 aliphatic rings. The van der Waals surface area contributed by atoms with Gasteiger partial charge in [-0.05, 0) is 18.9 Å². The van der Waals surface area contributed by atoms with Gasteiger partial charge in [0.25, 0.3) is 5.56 Å². The van der Waals surface area contributed by atoms with Crippen LogP contribution in [-0.2, 0) is 27.7 Å². The second-order valence-electron chi connectivity index (χ2n) is 8.43. The molecule has 3 heterocycles. The molecule has 8 heteroatoms. The van der Waals surface area contributed by atoms with Crippen molar-refractivity contribution in [2.75, 3.05) is 26.3 Å². The number of benzene rings is 1. The summed E-state index contributed by atoms with van der Waals surface area (Å²) in [6.07, 6.45) is 2.61. The van der Waals surface area contributed by atoms with Crippen LogP contribution in [0.3, 0.4) is 0 Å². The topological polar surface area (TPSA) is 73.7 Å². The van der Waals surface area contributed by atoms with E-state index in [9.17, 15) is 9.59 Å². The number of piperidine rings is 1. The highest BCUT2D eigenvalue weighted by atomic mass is 32.2. The van der Waals surface area contributed by atoms with E-state index in [2.05, 4.69) is 0 Å². The number of rotatable bonds is 6. The van der Waals surface area contributed by atoms with Gasteiger partial charge in [0.2, 0.25) is 5.91 Å². The van der Waals surface area contributed by atoms with Crippen molar-refractivity contribution in [1.82, 2.24) is 14.5 Å². The second kappa shape index (κ2) is 9.77. The molecule has 4 rings (SSSR count). The fraction of sp³-hybridized carbons (Fsp3) is 0.542. The summed E-state index contributed by atoms with van der Waals surface area (Å²) in [6.45, 7) is 6.37. The summed E-state index contributed by atoms with van der Waals surface area (Å²) in [7, 11) is 1.74. The van der Waals surface area contributed by atoms with Crippen molar-refractivity contribution in [3.05, 3.63) is 57.5 Å². The molecule has 0 N–H and O–H groups in total. The number of thioether (sulfide) groups is 1. The maximum absolute atomic E-state index is 13.2. The third kappa shape index (κ3) is 4.77. The first kappa shape index (κ1) is 23.0. The summed E-state index contributed by atoms with van der Waals surface area (Å²) in [5.74, 6) is -0.409. The molecule has 1 aromatic carbocycles. The Morgan fingerprint density at radius 3 is 2.47 bits per heavy atom. The van der Waals surface area contributed by atoms with E-state index in [1.807, 2.05) is 49.1 Å². The summed E-state index contributed by atoms with van der Waals surface area (Å²) in [4.78, 5) is 32.9. The molecule has 0 bridgehead atoms. The van der Waals surface area contributed by atoms with Crippen LogP contribution in [0.2, 0.25) is 0 Å². The Balaban J connectivity index is 1.47. The molecule has 2 aromatic rings. The summed E-state index contributed by atoms with van der Waals surface area (Å²) >= 11 is 1.38. The first-order chi connectivity index (χ1) is 15.4. The number of likely N-dealkylation sites (tertiary alicyclic amines) is 1. The van der Waals surface area contributed by atoms with Gasteiger partial charge in [0.15, 0.2) is 10.9 Å². The van der Waals surface area contributed by atoms with E-state index < -0.39 is 5.79 Å². The van der Waals surface area contributed by atoms with Gasteiger partial charge in [-0.25, -0.2) is 4.98 Å². The average Bonchev–Trinajstić information content (AvgIpc) is 3.26. The standard InChI is InChI=1S/C24H31N3O4S/c1-4-20(22(29)27-12-10-24(11-13-27)30-14-15-31-24)32-23-25-17(2)19(21(28)26(23)3)16-18-8-6-5-7-9-18/h5-9,20H,4,10-16H2,1-3H3. The van der Waals surface area contributed by atoms with Crippen LogP contribution >= 0.6 is 11.8 Å². The van der Waals surface area contributed by atoms with Crippen LogP contribution < -0.4 is 5.56 Å². The fourth-order valence-electron chi connectivity index (χ4n) is 4.33. The van der Waals surface area contributed by atoms with Crippen molar-refractivity contribution in [2.24, 2.45) is 7.05 Å². The molecule has 1 amide bonds. The van der Waals surface area contributed by atoms with E-state index >= 15 is 0 Å².